The number of alkyl halides is 3. The molecule has 4 aliphatic rings. The maximum absolute atomic E-state index is 14.3. The van der Waals surface area contributed by atoms with Crippen LogP contribution in [0.3, 0.4) is 0 Å². The molecule has 1 saturated heterocycles. The van der Waals surface area contributed by atoms with Crippen molar-refractivity contribution in [2.24, 2.45) is 34.5 Å². The fourth-order valence-corrected chi connectivity index (χ4v) is 8.04. The summed E-state index contributed by atoms with van der Waals surface area (Å²) in [6.45, 7) is 5.45. The SMILES string of the molecule is CC(NC(=O)[C@H]1CC[C@H]2[C@@H]3CC=C4NC(=O)CC[C@]4(C)[C@H]3CC[C@]12C)(c1ccccc1)C(F)(F)F. The fourth-order valence-electron chi connectivity index (χ4n) is 8.04. The number of rotatable bonds is 3. The number of hydrogen-bond donors (Lipinski definition) is 2. The highest BCUT2D eigenvalue weighted by molar-refractivity contribution is 5.81. The normalized spacial score (nSPS) is 38.2. The van der Waals surface area contributed by atoms with Crippen molar-refractivity contribution in [1.29, 1.82) is 0 Å². The highest BCUT2D eigenvalue weighted by atomic mass is 19.4. The van der Waals surface area contributed by atoms with E-state index >= 15 is 0 Å². The lowest BCUT2D eigenvalue weighted by Crippen LogP contribution is -2.58. The standard InChI is InChI=1S/C28H35F3N2O2/c1-25-15-13-20-18(9-12-22-26(20,2)16-14-23(34)32-22)19(25)10-11-21(25)24(35)33-27(3,28(29,30)31)17-7-5-4-6-8-17/h4-8,12,18-21H,9-11,13-16H2,1-3H3,(H,32,34)(H,33,35)/t18-,19-,20-,21+,25-,26+,27?/m0/s1. The molecule has 1 aromatic carbocycles. The fraction of sp³-hybridized carbons (Fsp3) is 0.643. The van der Waals surface area contributed by atoms with E-state index in [0.717, 1.165) is 44.7 Å². The summed E-state index contributed by atoms with van der Waals surface area (Å²) in [4.78, 5) is 25.5. The average Bonchev–Trinajstić information content (AvgIpc) is 3.16. The Labute approximate surface area is 205 Å². The Morgan fingerprint density at radius 3 is 2.46 bits per heavy atom. The molecule has 1 aromatic rings. The molecule has 2 amide bonds. The highest BCUT2D eigenvalue weighted by Gasteiger charge is 2.61. The molecule has 5 rings (SSSR count). The molecular formula is C28H35F3N2O2. The first kappa shape index (κ1) is 24.4. The summed E-state index contributed by atoms with van der Waals surface area (Å²) in [7, 11) is 0. The maximum Gasteiger partial charge on any atom is 0.415 e. The van der Waals surface area contributed by atoms with Crippen LogP contribution in [-0.2, 0) is 15.1 Å². The van der Waals surface area contributed by atoms with Crippen molar-refractivity contribution in [1.82, 2.24) is 10.6 Å². The molecule has 7 heteroatoms. The molecule has 3 fully saturated rings. The van der Waals surface area contributed by atoms with Crippen LogP contribution in [0.5, 0.6) is 0 Å². The number of nitrogens with one attached hydrogen (secondary N) is 2. The summed E-state index contributed by atoms with van der Waals surface area (Å²) in [6.07, 6.45) is 2.99. The van der Waals surface area contributed by atoms with Crippen molar-refractivity contribution in [3.05, 3.63) is 47.7 Å². The van der Waals surface area contributed by atoms with E-state index in [1.807, 2.05) is 0 Å². The molecule has 0 radical (unpaired) electrons. The van der Waals surface area contributed by atoms with Gasteiger partial charge in [-0.3, -0.25) is 9.59 Å². The lowest BCUT2D eigenvalue weighted by atomic mass is 9.49. The Bertz CT molecular complexity index is 1050. The van der Waals surface area contributed by atoms with E-state index in [1.54, 1.807) is 18.2 Å². The lowest BCUT2D eigenvalue weighted by molar-refractivity contribution is -0.199. The van der Waals surface area contributed by atoms with Crippen LogP contribution in [0.25, 0.3) is 0 Å². The van der Waals surface area contributed by atoms with E-state index in [0.29, 0.717) is 24.7 Å². The van der Waals surface area contributed by atoms with Gasteiger partial charge in [0.15, 0.2) is 5.54 Å². The molecule has 1 aliphatic heterocycles. The monoisotopic (exact) mass is 488 g/mol. The van der Waals surface area contributed by atoms with Gasteiger partial charge >= 0.3 is 6.18 Å². The van der Waals surface area contributed by atoms with Crippen LogP contribution in [0.1, 0.15) is 71.3 Å². The number of benzene rings is 1. The summed E-state index contributed by atoms with van der Waals surface area (Å²) in [5, 5.41) is 5.55. The molecule has 7 atom stereocenters. The first-order chi connectivity index (χ1) is 16.4. The summed E-state index contributed by atoms with van der Waals surface area (Å²) in [5.74, 6) is 0.254. The van der Waals surface area contributed by atoms with Gasteiger partial charge in [0.25, 0.3) is 0 Å². The Morgan fingerprint density at radius 2 is 1.77 bits per heavy atom. The zero-order chi connectivity index (χ0) is 25.2. The van der Waals surface area contributed by atoms with Crippen LogP contribution in [0, 0.1) is 34.5 Å². The molecule has 2 saturated carbocycles. The van der Waals surface area contributed by atoms with Gasteiger partial charge in [-0.05, 0) is 74.2 Å². The average molecular weight is 489 g/mol. The number of halogens is 3. The molecule has 4 nitrogen and oxygen atoms in total. The first-order valence-electron chi connectivity index (χ1n) is 12.8. The third kappa shape index (κ3) is 3.63. The quantitative estimate of drug-likeness (QED) is 0.561. The summed E-state index contributed by atoms with van der Waals surface area (Å²) >= 11 is 0. The van der Waals surface area contributed by atoms with E-state index in [2.05, 4.69) is 30.6 Å². The number of fused-ring (bicyclic) bond motifs is 5. The summed E-state index contributed by atoms with van der Waals surface area (Å²) in [5.41, 5.74) is -1.74. The molecule has 3 aliphatic carbocycles. The Balaban J connectivity index is 1.40. The van der Waals surface area contributed by atoms with Gasteiger partial charge in [-0.25, -0.2) is 0 Å². The predicted octanol–water partition coefficient (Wildman–Crippen LogP) is 5.84. The van der Waals surface area contributed by atoms with Gasteiger partial charge in [0, 0.05) is 23.5 Å². The minimum absolute atomic E-state index is 0.0430. The topological polar surface area (TPSA) is 58.2 Å². The zero-order valence-corrected chi connectivity index (χ0v) is 20.7. The second-order valence-electron chi connectivity index (χ2n) is 11.8. The van der Waals surface area contributed by atoms with E-state index < -0.39 is 23.5 Å². The number of carbonyl (C=O) groups excluding carboxylic acids is 2. The maximum atomic E-state index is 14.3. The van der Waals surface area contributed by atoms with Crippen molar-refractivity contribution in [2.75, 3.05) is 0 Å². The number of carbonyl (C=O) groups is 2. The van der Waals surface area contributed by atoms with E-state index in [9.17, 15) is 22.8 Å². The highest BCUT2D eigenvalue weighted by Crippen LogP contribution is 2.65. The van der Waals surface area contributed by atoms with E-state index in [1.165, 1.54) is 12.1 Å². The summed E-state index contributed by atoms with van der Waals surface area (Å²) < 4.78 is 42.8. The van der Waals surface area contributed by atoms with Crippen molar-refractivity contribution in [3.63, 3.8) is 0 Å². The van der Waals surface area contributed by atoms with Gasteiger partial charge in [-0.2, -0.15) is 13.2 Å². The molecule has 1 heterocycles. The van der Waals surface area contributed by atoms with Crippen LogP contribution in [-0.4, -0.2) is 18.0 Å². The van der Waals surface area contributed by atoms with Gasteiger partial charge in [0.1, 0.15) is 0 Å². The van der Waals surface area contributed by atoms with Crippen LogP contribution in [0.4, 0.5) is 13.2 Å². The molecule has 190 valence electrons. The number of amides is 2. The van der Waals surface area contributed by atoms with Gasteiger partial charge in [-0.1, -0.05) is 50.3 Å². The third-order valence-corrected chi connectivity index (χ3v) is 10.2. The van der Waals surface area contributed by atoms with Crippen molar-refractivity contribution in [3.8, 4) is 0 Å². The third-order valence-electron chi connectivity index (χ3n) is 10.2. The van der Waals surface area contributed by atoms with Crippen LogP contribution in [0.15, 0.2) is 42.1 Å². The number of hydrogen-bond acceptors (Lipinski definition) is 2. The van der Waals surface area contributed by atoms with Gasteiger partial charge < -0.3 is 10.6 Å². The molecule has 0 aromatic heterocycles. The largest absolute Gasteiger partial charge is 0.415 e. The summed E-state index contributed by atoms with van der Waals surface area (Å²) in [6, 6.07) is 7.66. The van der Waals surface area contributed by atoms with Crippen LogP contribution >= 0.6 is 0 Å². The first-order valence-corrected chi connectivity index (χ1v) is 12.8. The van der Waals surface area contributed by atoms with Crippen molar-refractivity contribution < 1.29 is 22.8 Å². The predicted molar refractivity (Wildman–Crippen MR) is 127 cm³/mol. The molecule has 0 bridgehead atoms. The zero-order valence-electron chi connectivity index (χ0n) is 20.7. The Morgan fingerprint density at radius 1 is 1.06 bits per heavy atom. The smallest absolute Gasteiger partial charge is 0.338 e. The molecule has 1 unspecified atom stereocenters. The van der Waals surface area contributed by atoms with E-state index in [-0.39, 0.29) is 28.2 Å². The Hall–Kier alpha value is -2.31. The lowest BCUT2D eigenvalue weighted by Gasteiger charge is -2.57. The van der Waals surface area contributed by atoms with Crippen LogP contribution in [0.2, 0.25) is 0 Å². The van der Waals surface area contributed by atoms with Gasteiger partial charge in [-0.15, -0.1) is 0 Å². The van der Waals surface area contributed by atoms with Crippen molar-refractivity contribution >= 4 is 11.8 Å². The number of piperidine rings is 1. The molecule has 2 N–H and O–H groups in total. The van der Waals surface area contributed by atoms with Crippen LogP contribution < -0.4 is 10.6 Å². The second-order valence-corrected chi connectivity index (χ2v) is 11.8. The minimum Gasteiger partial charge on any atom is -0.338 e. The Kier molecular flexibility index (Phi) is 5.65. The van der Waals surface area contributed by atoms with Crippen molar-refractivity contribution in [2.45, 2.75) is 77.4 Å². The van der Waals surface area contributed by atoms with E-state index in [4.69, 9.17) is 0 Å². The molecular weight excluding hydrogens is 453 g/mol. The number of allylic oxidation sites excluding steroid dienone is 2. The molecule has 35 heavy (non-hydrogen) atoms. The second kappa shape index (κ2) is 8.10. The molecule has 0 spiro atoms. The minimum atomic E-state index is -4.62. The van der Waals surface area contributed by atoms with Gasteiger partial charge in [0.05, 0.1) is 0 Å². The van der Waals surface area contributed by atoms with Gasteiger partial charge in [0.2, 0.25) is 11.8 Å².